The van der Waals surface area contributed by atoms with Crippen LogP contribution in [0.2, 0.25) is 0 Å². The summed E-state index contributed by atoms with van der Waals surface area (Å²) in [6.45, 7) is 2.20. The molecule has 1 heterocycles. The van der Waals surface area contributed by atoms with E-state index in [0.717, 1.165) is 30.3 Å². The van der Waals surface area contributed by atoms with Crippen LogP contribution < -0.4 is 5.73 Å². The van der Waals surface area contributed by atoms with E-state index in [1.165, 1.54) is 23.8 Å². The van der Waals surface area contributed by atoms with Crippen LogP contribution in [0.4, 0.5) is 8.78 Å². The molecule has 1 fully saturated rings. The third-order valence-corrected chi connectivity index (χ3v) is 5.25. The average Bonchev–Trinajstić information content (AvgIpc) is 2.92. The van der Waals surface area contributed by atoms with Crippen LogP contribution in [0.1, 0.15) is 37.6 Å². The van der Waals surface area contributed by atoms with Crippen molar-refractivity contribution in [1.82, 2.24) is 4.98 Å². The van der Waals surface area contributed by atoms with Gasteiger partial charge in [-0.25, -0.2) is 13.8 Å². The molecule has 21 heavy (non-hydrogen) atoms. The number of benzene rings is 1. The summed E-state index contributed by atoms with van der Waals surface area (Å²) in [7, 11) is 0. The van der Waals surface area contributed by atoms with Gasteiger partial charge in [0.25, 0.3) is 0 Å². The number of nitrogens with two attached hydrogens (primary N) is 1. The fourth-order valence-electron chi connectivity index (χ4n) is 3.11. The molecule has 0 saturated heterocycles. The highest BCUT2D eigenvalue weighted by Crippen LogP contribution is 2.40. The van der Waals surface area contributed by atoms with Crippen LogP contribution in [0.15, 0.2) is 23.6 Å². The molecule has 3 rings (SSSR count). The zero-order chi connectivity index (χ0) is 15.0. The van der Waals surface area contributed by atoms with Crippen molar-refractivity contribution in [2.45, 2.75) is 38.1 Å². The van der Waals surface area contributed by atoms with E-state index in [2.05, 4.69) is 11.9 Å². The predicted molar refractivity (Wildman–Crippen MR) is 81.0 cm³/mol. The first-order chi connectivity index (χ1) is 9.99. The lowest BCUT2D eigenvalue weighted by Crippen LogP contribution is -2.40. The number of hydrogen-bond acceptors (Lipinski definition) is 3. The summed E-state index contributed by atoms with van der Waals surface area (Å²) >= 11 is 1.44. The van der Waals surface area contributed by atoms with Crippen molar-refractivity contribution in [2.24, 2.45) is 11.7 Å². The Hall–Kier alpha value is -1.33. The van der Waals surface area contributed by atoms with Crippen molar-refractivity contribution in [3.05, 3.63) is 40.2 Å². The van der Waals surface area contributed by atoms with E-state index in [4.69, 9.17) is 5.73 Å². The van der Waals surface area contributed by atoms with E-state index in [0.29, 0.717) is 11.6 Å². The third kappa shape index (κ3) is 2.72. The molecule has 1 aromatic carbocycles. The molecular weight excluding hydrogens is 290 g/mol. The molecule has 2 aromatic rings. The summed E-state index contributed by atoms with van der Waals surface area (Å²) in [4.78, 5) is 4.50. The Morgan fingerprint density at radius 3 is 2.95 bits per heavy atom. The quantitative estimate of drug-likeness (QED) is 0.890. The predicted octanol–water partition coefficient (Wildman–Crippen LogP) is 4.45. The van der Waals surface area contributed by atoms with Crippen LogP contribution in [-0.4, -0.2) is 4.98 Å². The topological polar surface area (TPSA) is 38.9 Å². The first-order valence-electron chi connectivity index (χ1n) is 7.19. The molecule has 2 atom stereocenters. The van der Waals surface area contributed by atoms with Gasteiger partial charge in [0.15, 0.2) is 11.6 Å². The summed E-state index contributed by atoms with van der Waals surface area (Å²) in [6.07, 6.45) is 4.07. The number of halogens is 2. The number of nitrogens with zero attached hydrogens (tertiary/aromatic N) is 1. The third-order valence-electron chi connectivity index (χ3n) is 4.19. The van der Waals surface area contributed by atoms with Crippen LogP contribution >= 0.6 is 11.3 Å². The van der Waals surface area contributed by atoms with Crippen LogP contribution in [0.3, 0.4) is 0 Å². The summed E-state index contributed by atoms with van der Waals surface area (Å²) < 4.78 is 27.2. The van der Waals surface area contributed by atoms with E-state index in [1.54, 1.807) is 11.4 Å². The molecule has 0 bridgehead atoms. The van der Waals surface area contributed by atoms with Gasteiger partial charge < -0.3 is 5.73 Å². The molecule has 1 aliphatic carbocycles. The Bertz CT molecular complexity index is 655. The smallest absolute Gasteiger partial charge is 0.168 e. The van der Waals surface area contributed by atoms with Gasteiger partial charge in [0.2, 0.25) is 0 Å². The Balaban J connectivity index is 1.95. The summed E-state index contributed by atoms with van der Waals surface area (Å²) in [6, 6.07) is 4.15. The van der Waals surface area contributed by atoms with Crippen LogP contribution in [0.5, 0.6) is 0 Å². The van der Waals surface area contributed by atoms with Crippen LogP contribution in [-0.2, 0) is 5.54 Å². The van der Waals surface area contributed by atoms with Crippen molar-refractivity contribution in [2.75, 3.05) is 0 Å². The number of hydrogen-bond donors (Lipinski definition) is 1. The SMILES string of the molecule is CC1CCCC(N)(c2nc(-c3cccc(F)c3F)cs2)C1. The zero-order valence-electron chi connectivity index (χ0n) is 11.9. The van der Waals surface area contributed by atoms with Crippen molar-refractivity contribution in [3.8, 4) is 11.3 Å². The van der Waals surface area contributed by atoms with Gasteiger partial charge in [-0.1, -0.05) is 25.8 Å². The molecular formula is C16H18F2N2S. The Labute approximate surface area is 127 Å². The lowest BCUT2D eigenvalue weighted by atomic mass is 9.77. The van der Waals surface area contributed by atoms with Crippen molar-refractivity contribution < 1.29 is 8.78 Å². The molecule has 0 radical (unpaired) electrons. The lowest BCUT2D eigenvalue weighted by molar-refractivity contribution is 0.238. The van der Waals surface area contributed by atoms with Crippen LogP contribution in [0, 0.1) is 17.6 Å². The Morgan fingerprint density at radius 1 is 1.38 bits per heavy atom. The Morgan fingerprint density at radius 2 is 2.19 bits per heavy atom. The lowest BCUT2D eigenvalue weighted by Gasteiger charge is -2.35. The number of thiazole rings is 1. The minimum absolute atomic E-state index is 0.199. The molecule has 2 N–H and O–H groups in total. The minimum atomic E-state index is -0.851. The maximum atomic E-state index is 13.9. The van der Waals surface area contributed by atoms with Gasteiger partial charge in [0, 0.05) is 10.9 Å². The first kappa shape index (κ1) is 14.6. The number of aromatic nitrogens is 1. The maximum absolute atomic E-state index is 13.9. The maximum Gasteiger partial charge on any atom is 0.168 e. The van der Waals surface area contributed by atoms with Crippen molar-refractivity contribution in [1.29, 1.82) is 0 Å². The highest BCUT2D eigenvalue weighted by atomic mass is 32.1. The number of rotatable bonds is 2. The fourth-order valence-corrected chi connectivity index (χ4v) is 4.09. The van der Waals surface area contributed by atoms with Gasteiger partial charge in [-0.3, -0.25) is 0 Å². The molecule has 1 aliphatic rings. The first-order valence-corrected chi connectivity index (χ1v) is 8.07. The van der Waals surface area contributed by atoms with E-state index < -0.39 is 17.2 Å². The molecule has 1 saturated carbocycles. The van der Waals surface area contributed by atoms with Crippen LogP contribution in [0.25, 0.3) is 11.3 Å². The van der Waals surface area contributed by atoms with E-state index in [-0.39, 0.29) is 5.56 Å². The second-order valence-corrected chi connectivity index (χ2v) is 6.86. The highest BCUT2D eigenvalue weighted by molar-refractivity contribution is 7.10. The van der Waals surface area contributed by atoms with Gasteiger partial charge in [0.05, 0.1) is 11.2 Å². The Kier molecular flexibility index (Phi) is 3.80. The van der Waals surface area contributed by atoms with Crippen molar-refractivity contribution >= 4 is 11.3 Å². The highest BCUT2D eigenvalue weighted by Gasteiger charge is 2.35. The molecule has 2 unspecified atom stereocenters. The van der Waals surface area contributed by atoms with Gasteiger partial charge in [-0.15, -0.1) is 11.3 Å². The molecule has 0 aliphatic heterocycles. The molecule has 2 nitrogen and oxygen atoms in total. The normalized spacial score (nSPS) is 26.0. The summed E-state index contributed by atoms with van der Waals surface area (Å²) in [5.41, 5.74) is 6.75. The summed E-state index contributed by atoms with van der Waals surface area (Å²) in [5.74, 6) is -1.13. The van der Waals surface area contributed by atoms with E-state index in [9.17, 15) is 8.78 Å². The largest absolute Gasteiger partial charge is 0.319 e. The van der Waals surface area contributed by atoms with Gasteiger partial charge in [0.1, 0.15) is 5.01 Å². The van der Waals surface area contributed by atoms with Gasteiger partial charge in [-0.2, -0.15) is 0 Å². The van der Waals surface area contributed by atoms with Gasteiger partial charge in [-0.05, 0) is 30.9 Å². The fraction of sp³-hybridized carbons (Fsp3) is 0.438. The van der Waals surface area contributed by atoms with Crippen molar-refractivity contribution in [3.63, 3.8) is 0 Å². The average molecular weight is 308 g/mol. The summed E-state index contributed by atoms with van der Waals surface area (Å²) in [5, 5.41) is 2.59. The molecule has 112 valence electrons. The molecule has 0 amide bonds. The van der Waals surface area contributed by atoms with E-state index in [1.807, 2.05) is 0 Å². The standard InChI is InChI=1S/C16H18F2N2S/c1-10-4-3-7-16(19,8-10)15-20-13(9-21-15)11-5-2-6-12(17)14(11)18/h2,5-6,9-10H,3-4,7-8,19H2,1H3. The van der Waals surface area contributed by atoms with Gasteiger partial charge >= 0.3 is 0 Å². The second kappa shape index (κ2) is 5.46. The second-order valence-electron chi connectivity index (χ2n) is 6.00. The zero-order valence-corrected chi connectivity index (χ0v) is 12.7. The minimum Gasteiger partial charge on any atom is -0.319 e. The molecule has 5 heteroatoms. The molecule has 1 aromatic heterocycles. The monoisotopic (exact) mass is 308 g/mol. The van der Waals surface area contributed by atoms with E-state index >= 15 is 0 Å². The molecule has 0 spiro atoms.